The van der Waals surface area contributed by atoms with Gasteiger partial charge in [-0.1, -0.05) is 42.5 Å². The van der Waals surface area contributed by atoms with Crippen molar-refractivity contribution in [1.82, 2.24) is 0 Å². The third-order valence-electron chi connectivity index (χ3n) is 2.38. The standard InChI is InChI=1S/C13H9NO3.HO2P/c15-13(10-6-2-1-3-7-10)11-8-4-5-9-12(11)14(16)17;1-3-2/h1-9H;(H,1,2). The van der Waals surface area contributed by atoms with Crippen LogP contribution in [-0.4, -0.2) is 15.6 Å². The van der Waals surface area contributed by atoms with Crippen molar-refractivity contribution < 1.29 is 19.2 Å². The molecule has 0 aromatic heterocycles. The van der Waals surface area contributed by atoms with Crippen LogP contribution in [0.25, 0.3) is 0 Å². The minimum atomic E-state index is -0.833. The summed E-state index contributed by atoms with van der Waals surface area (Å²) in [5.41, 5.74) is 0.395. The first-order valence-corrected chi connectivity index (χ1v) is 6.18. The van der Waals surface area contributed by atoms with E-state index >= 15 is 0 Å². The summed E-state index contributed by atoms with van der Waals surface area (Å²) in [6.07, 6.45) is 0. The van der Waals surface area contributed by atoms with Gasteiger partial charge in [-0.2, -0.15) is 0 Å². The number of ketones is 1. The number of nitro benzene ring substituents is 1. The predicted molar refractivity (Wildman–Crippen MR) is 72.8 cm³/mol. The van der Waals surface area contributed by atoms with E-state index in [2.05, 4.69) is 0 Å². The Morgan fingerprint density at radius 2 is 1.55 bits per heavy atom. The fourth-order valence-electron chi connectivity index (χ4n) is 1.57. The second kappa shape index (κ2) is 7.89. The number of hydrogen-bond donors (Lipinski definition) is 1. The first kappa shape index (κ1) is 15.6. The molecule has 0 aliphatic carbocycles. The Labute approximate surface area is 116 Å². The average Bonchev–Trinajstić information content (AvgIpc) is 2.48. The molecule has 6 nitrogen and oxygen atoms in total. The molecule has 0 saturated carbocycles. The number of rotatable bonds is 3. The molecule has 0 unspecified atom stereocenters. The number of nitrogens with zero attached hydrogens (tertiary/aromatic N) is 1. The van der Waals surface area contributed by atoms with Gasteiger partial charge in [0.2, 0.25) is 0 Å². The Morgan fingerprint density at radius 1 is 1.05 bits per heavy atom. The van der Waals surface area contributed by atoms with E-state index in [1.165, 1.54) is 12.1 Å². The fraction of sp³-hybridized carbons (Fsp3) is 0. The Balaban J connectivity index is 0.000000612. The van der Waals surface area contributed by atoms with Crippen molar-refractivity contribution in [2.45, 2.75) is 0 Å². The molecule has 0 heterocycles. The van der Waals surface area contributed by atoms with E-state index in [1.54, 1.807) is 42.5 Å². The highest BCUT2D eigenvalue weighted by Gasteiger charge is 2.19. The first-order valence-electron chi connectivity index (χ1n) is 5.41. The molecule has 0 fully saturated rings. The van der Waals surface area contributed by atoms with Crippen LogP contribution in [0.2, 0.25) is 0 Å². The van der Waals surface area contributed by atoms with E-state index in [-0.39, 0.29) is 17.0 Å². The minimum absolute atomic E-state index is 0.115. The topological polar surface area (TPSA) is 97.5 Å². The summed E-state index contributed by atoms with van der Waals surface area (Å²) in [6, 6.07) is 14.5. The van der Waals surface area contributed by atoms with Crippen LogP contribution >= 0.6 is 8.69 Å². The van der Waals surface area contributed by atoms with Crippen LogP contribution < -0.4 is 0 Å². The van der Waals surface area contributed by atoms with Crippen LogP contribution in [0.3, 0.4) is 0 Å². The molecule has 0 amide bonds. The molecule has 2 rings (SSSR count). The SMILES string of the molecule is O=C(c1ccccc1)c1ccccc1[N+](=O)[O-].O=PO. The van der Waals surface area contributed by atoms with Crippen LogP contribution in [0, 0.1) is 10.1 Å². The molecule has 102 valence electrons. The van der Waals surface area contributed by atoms with Crippen LogP contribution in [0.15, 0.2) is 54.6 Å². The number of nitro groups is 1. The number of benzene rings is 2. The molecule has 0 aliphatic heterocycles. The van der Waals surface area contributed by atoms with Gasteiger partial charge in [0.25, 0.3) is 5.69 Å². The molecule has 2 aromatic rings. The molecule has 2 aromatic carbocycles. The highest BCUT2D eigenvalue weighted by atomic mass is 31.1. The fourth-order valence-corrected chi connectivity index (χ4v) is 1.57. The average molecular weight is 291 g/mol. The van der Waals surface area contributed by atoms with E-state index in [1.807, 2.05) is 0 Å². The van der Waals surface area contributed by atoms with Gasteiger partial charge in [-0.15, -0.1) is 0 Å². The number of para-hydroxylation sites is 1. The third-order valence-corrected chi connectivity index (χ3v) is 2.38. The van der Waals surface area contributed by atoms with Gasteiger partial charge in [0.05, 0.1) is 4.92 Å². The zero-order chi connectivity index (χ0) is 15.0. The van der Waals surface area contributed by atoms with Gasteiger partial charge in [0, 0.05) is 11.6 Å². The smallest absolute Gasteiger partial charge is 0.310 e. The van der Waals surface area contributed by atoms with Crippen molar-refractivity contribution in [1.29, 1.82) is 0 Å². The van der Waals surface area contributed by atoms with E-state index in [4.69, 9.17) is 9.46 Å². The molecule has 1 N–H and O–H groups in total. The van der Waals surface area contributed by atoms with Crippen LogP contribution in [0.5, 0.6) is 0 Å². The van der Waals surface area contributed by atoms with Crippen molar-refractivity contribution in [3.8, 4) is 0 Å². The summed E-state index contributed by atoms with van der Waals surface area (Å²) in [7, 11) is -0.833. The number of carbonyl (C=O) groups excluding carboxylic acids is 1. The van der Waals surface area contributed by atoms with E-state index in [0.29, 0.717) is 5.56 Å². The zero-order valence-corrected chi connectivity index (χ0v) is 11.1. The first-order chi connectivity index (χ1) is 9.61. The normalized spacial score (nSPS) is 9.45. The van der Waals surface area contributed by atoms with Gasteiger partial charge < -0.3 is 4.89 Å². The highest BCUT2D eigenvalue weighted by Crippen LogP contribution is 2.20. The second-order valence-corrected chi connectivity index (χ2v) is 3.71. The summed E-state index contributed by atoms with van der Waals surface area (Å²) >= 11 is 0. The molecule has 7 heteroatoms. The van der Waals surface area contributed by atoms with Crippen molar-refractivity contribution in [3.63, 3.8) is 0 Å². The van der Waals surface area contributed by atoms with Crippen LogP contribution in [-0.2, 0) is 4.57 Å². The lowest BCUT2D eigenvalue weighted by atomic mass is 10.0. The Bertz CT molecular complexity index is 615. The summed E-state index contributed by atoms with van der Waals surface area (Å²) in [5, 5.41) is 10.8. The summed E-state index contributed by atoms with van der Waals surface area (Å²) in [4.78, 5) is 29.3. The van der Waals surface area contributed by atoms with Crippen LogP contribution in [0.1, 0.15) is 15.9 Å². The Morgan fingerprint density at radius 3 is 2.10 bits per heavy atom. The van der Waals surface area contributed by atoms with Gasteiger partial charge in [-0.05, 0) is 6.07 Å². The van der Waals surface area contributed by atoms with E-state index in [9.17, 15) is 14.9 Å². The molecule has 20 heavy (non-hydrogen) atoms. The maximum Gasteiger partial charge on any atom is 0.324 e. The van der Waals surface area contributed by atoms with Gasteiger partial charge in [-0.3, -0.25) is 14.9 Å². The molecule has 0 saturated heterocycles. The lowest BCUT2D eigenvalue weighted by Crippen LogP contribution is -2.04. The van der Waals surface area contributed by atoms with E-state index in [0.717, 1.165) is 0 Å². The number of hydrogen-bond acceptors (Lipinski definition) is 4. The molecule has 0 aliphatic rings. The van der Waals surface area contributed by atoms with Gasteiger partial charge in [0.15, 0.2) is 5.78 Å². The highest BCUT2D eigenvalue weighted by molar-refractivity contribution is 7.16. The molecule has 0 spiro atoms. The molecule has 0 atom stereocenters. The second-order valence-electron chi connectivity index (χ2n) is 3.55. The predicted octanol–water partition coefficient (Wildman–Crippen LogP) is 3.01. The Kier molecular flexibility index (Phi) is 6.16. The van der Waals surface area contributed by atoms with Gasteiger partial charge >= 0.3 is 8.69 Å². The minimum Gasteiger partial charge on any atom is -0.310 e. The zero-order valence-electron chi connectivity index (χ0n) is 10.2. The third kappa shape index (κ3) is 4.05. The summed E-state index contributed by atoms with van der Waals surface area (Å²) < 4.78 is 8.46. The van der Waals surface area contributed by atoms with Gasteiger partial charge in [0.1, 0.15) is 5.56 Å². The molecule has 0 radical (unpaired) electrons. The Hall–Kier alpha value is -2.43. The summed E-state index contributed by atoms with van der Waals surface area (Å²) in [6.45, 7) is 0. The molecular weight excluding hydrogens is 281 g/mol. The maximum absolute atomic E-state index is 12.1. The largest absolute Gasteiger partial charge is 0.324 e. The number of carbonyl (C=O) groups is 1. The van der Waals surface area contributed by atoms with Crippen molar-refractivity contribution in [2.75, 3.05) is 0 Å². The van der Waals surface area contributed by atoms with Gasteiger partial charge in [-0.25, -0.2) is 4.57 Å². The molecular formula is C13H10NO5P. The van der Waals surface area contributed by atoms with Crippen molar-refractivity contribution in [3.05, 3.63) is 75.8 Å². The van der Waals surface area contributed by atoms with Crippen molar-refractivity contribution in [2.24, 2.45) is 0 Å². The quantitative estimate of drug-likeness (QED) is 0.405. The van der Waals surface area contributed by atoms with E-state index < -0.39 is 13.6 Å². The lowest BCUT2D eigenvalue weighted by Gasteiger charge is -2.01. The lowest BCUT2D eigenvalue weighted by molar-refractivity contribution is -0.385. The summed E-state index contributed by atoms with van der Waals surface area (Å²) in [5.74, 6) is -0.335. The monoisotopic (exact) mass is 291 g/mol. The maximum atomic E-state index is 12.1. The van der Waals surface area contributed by atoms with Crippen LogP contribution in [0.4, 0.5) is 5.69 Å². The van der Waals surface area contributed by atoms with Crippen molar-refractivity contribution >= 4 is 20.2 Å². The molecule has 0 bridgehead atoms.